The Hall–Kier alpha value is -1.17. The van der Waals surface area contributed by atoms with Crippen molar-refractivity contribution in [2.24, 2.45) is 5.92 Å². The average molecular weight is 497 g/mol. The summed E-state index contributed by atoms with van der Waals surface area (Å²) in [5.41, 5.74) is 3.07. The number of nitrogens with zero attached hydrogens (tertiary/aromatic N) is 2. The van der Waals surface area contributed by atoms with Crippen LogP contribution in [-0.4, -0.2) is 48.8 Å². The minimum Gasteiger partial charge on any atom is -0.396 e. The largest absolute Gasteiger partial charge is 0.396 e. The standard InChI is InChI=1S/C25H32Cl3N3O/c1-17(22-7-5-19(26)14-24(22)28)29-25-15-21(6-8-23(25)27)31-11-9-30(10-12-31)20-4-2-3-18(13-20)16-32/h5-8,14-15,17-18,20,29,32H,2-4,9-13,16H2,1H3/t17-,18+,20-/m1/s1. The van der Waals surface area contributed by atoms with E-state index in [9.17, 15) is 5.11 Å². The first kappa shape index (κ1) is 24.0. The summed E-state index contributed by atoms with van der Waals surface area (Å²) in [5, 5.41) is 15.0. The molecule has 3 atom stereocenters. The monoisotopic (exact) mass is 495 g/mol. The Balaban J connectivity index is 1.39. The van der Waals surface area contributed by atoms with Crippen molar-refractivity contribution < 1.29 is 5.11 Å². The molecule has 1 saturated heterocycles. The van der Waals surface area contributed by atoms with Crippen molar-refractivity contribution in [2.45, 2.75) is 44.7 Å². The van der Waals surface area contributed by atoms with Gasteiger partial charge in [0.1, 0.15) is 0 Å². The Labute approximate surface area is 206 Å². The Morgan fingerprint density at radius 1 is 1.00 bits per heavy atom. The third-order valence-electron chi connectivity index (χ3n) is 6.96. The quantitative estimate of drug-likeness (QED) is 0.479. The van der Waals surface area contributed by atoms with Crippen molar-refractivity contribution in [3.05, 3.63) is 57.0 Å². The lowest BCUT2D eigenvalue weighted by Gasteiger charge is -2.43. The van der Waals surface area contributed by atoms with Gasteiger partial charge in [0.2, 0.25) is 0 Å². The molecule has 174 valence electrons. The zero-order valence-electron chi connectivity index (χ0n) is 18.5. The predicted octanol–water partition coefficient (Wildman–Crippen LogP) is 6.49. The van der Waals surface area contributed by atoms with Crippen LogP contribution in [0.5, 0.6) is 0 Å². The summed E-state index contributed by atoms with van der Waals surface area (Å²) in [7, 11) is 0. The van der Waals surface area contributed by atoms with Crippen LogP contribution in [0.4, 0.5) is 11.4 Å². The number of aliphatic hydroxyl groups is 1. The minimum atomic E-state index is -0.00450. The van der Waals surface area contributed by atoms with E-state index in [1.54, 1.807) is 6.07 Å². The highest BCUT2D eigenvalue weighted by molar-refractivity contribution is 6.35. The highest BCUT2D eigenvalue weighted by Gasteiger charge is 2.29. The minimum absolute atomic E-state index is 0.00450. The van der Waals surface area contributed by atoms with Gasteiger partial charge in [0.15, 0.2) is 0 Å². The molecule has 1 saturated carbocycles. The molecule has 2 aliphatic rings. The molecule has 0 bridgehead atoms. The van der Waals surface area contributed by atoms with Gasteiger partial charge >= 0.3 is 0 Å². The Morgan fingerprint density at radius 3 is 2.50 bits per heavy atom. The van der Waals surface area contributed by atoms with Crippen molar-refractivity contribution in [3.8, 4) is 0 Å². The molecule has 4 nitrogen and oxygen atoms in total. The first-order valence-corrected chi connectivity index (χ1v) is 12.7. The van der Waals surface area contributed by atoms with Gasteiger partial charge in [-0.05, 0) is 68.0 Å². The molecule has 2 fully saturated rings. The molecule has 1 heterocycles. The summed E-state index contributed by atoms with van der Waals surface area (Å²) < 4.78 is 0. The lowest BCUT2D eigenvalue weighted by Crippen LogP contribution is -2.51. The van der Waals surface area contributed by atoms with Gasteiger partial charge in [-0.15, -0.1) is 0 Å². The molecule has 0 radical (unpaired) electrons. The smallest absolute Gasteiger partial charge is 0.0639 e. The number of halogens is 3. The van der Waals surface area contributed by atoms with Crippen LogP contribution in [0.1, 0.15) is 44.2 Å². The van der Waals surface area contributed by atoms with Gasteiger partial charge in [0.05, 0.1) is 16.8 Å². The summed E-state index contributed by atoms with van der Waals surface area (Å²) in [5.74, 6) is 0.479. The van der Waals surface area contributed by atoms with E-state index in [2.05, 4.69) is 34.2 Å². The number of hydrogen-bond donors (Lipinski definition) is 2. The fourth-order valence-corrected chi connectivity index (χ4v) is 5.83. The topological polar surface area (TPSA) is 38.7 Å². The van der Waals surface area contributed by atoms with E-state index in [0.717, 1.165) is 43.9 Å². The lowest BCUT2D eigenvalue weighted by atomic mass is 9.85. The molecule has 32 heavy (non-hydrogen) atoms. The molecule has 7 heteroatoms. The normalized spacial score (nSPS) is 23.2. The molecule has 0 unspecified atom stereocenters. The van der Waals surface area contributed by atoms with Gasteiger partial charge < -0.3 is 15.3 Å². The Bertz CT molecular complexity index is 917. The maximum Gasteiger partial charge on any atom is 0.0639 e. The Kier molecular flexibility index (Phi) is 8.12. The SMILES string of the molecule is C[C@@H](Nc1cc(N2CCN([C@@H]3CCC[C@H](CO)C3)CC2)ccc1Cl)c1ccc(Cl)cc1Cl. The van der Waals surface area contributed by atoms with Gasteiger partial charge in [-0.2, -0.15) is 0 Å². The van der Waals surface area contributed by atoms with E-state index in [-0.39, 0.29) is 6.04 Å². The van der Waals surface area contributed by atoms with Crippen LogP contribution in [0.3, 0.4) is 0 Å². The molecule has 4 rings (SSSR count). The molecule has 0 amide bonds. The van der Waals surface area contributed by atoms with Crippen LogP contribution < -0.4 is 10.2 Å². The summed E-state index contributed by atoms with van der Waals surface area (Å²) in [6.07, 6.45) is 4.80. The van der Waals surface area contributed by atoms with E-state index in [1.807, 2.05) is 18.2 Å². The van der Waals surface area contributed by atoms with Crippen molar-refractivity contribution in [1.82, 2.24) is 4.90 Å². The van der Waals surface area contributed by atoms with E-state index in [4.69, 9.17) is 34.8 Å². The predicted molar refractivity (Wildman–Crippen MR) is 137 cm³/mol. The Morgan fingerprint density at radius 2 is 1.78 bits per heavy atom. The van der Waals surface area contributed by atoms with Crippen LogP contribution in [0.15, 0.2) is 36.4 Å². The molecule has 1 aliphatic carbocycles. The van der Waals surface area contributed by atoms with Crippen LogP contribution in [0.2, 0.25) is 15.1 Å². The van der Waals surface area contributed by atoms with E-state index < -0.39 is 0 Å². The lowest BCUT2D eigenvalue weighted by molar-refractivity contribution is 0.0961. The highest BCUT2D eigenvalue weighted by atomic mass is 35.5. The maximum atomic E-state index is 9.55. The molecule has 2 aromatic rings. The first-order valence-electron chi connectivity index (χ1n) is 11.6. The van der Waals surface area contributed by atoms with E-state index in [1.165, 1.54) is 24.9 Å². The van der Waals surface area contributed by atoms with Gasteiger partial charge in [0, 0.05) is 54.6 Å². The van der Waals surface area contributed by atoms with E-state index in [0.29, 0.717) is 33.6 Å². The fraction of sp³-hybridized carbons (Fsp3) is 0.520. The van der Waals surface area contributed by atoms with Gasteiger partial charge in [-0.3, -0.25) is 4.90 Å². The fourth-order valence-electron chi connectivity index (χ4n) is 5.09. The van der Waals surface area contributed by atoms with Crippen molar-refractivity contribution in [2.75, 3.05) is 43.0 Å². The molecule has 2 N–H and O–H groups in total. The van der Waals surface area contributed by atoms with Gasteiger partial charge in [-0.1, -0.05) is 47.3 Å². The second-order valence-electron chi connectivity index (χ2n) is 9.09. The molecule has 1 aliphatic heterocycles. The third-order valence-corrected chi connectivity index (χ3v) is 7.85. The van der Waals surface area contributed by atoms with Crippen LogP contribution in [0.25, 0.3) is 0 Å². The van der Waals surface area contributed by atoms with Gasteiger partial charge in [-0.25, -0.2) is 0 Å². The second-order valence-corrected chi connectivity index (χ2v) is 10.3. The third kappa shape index (κ3) is 5.66. The maximum absolute atomic E-state index is 9.55. The van der Waals surface area contributed by atoms with Crippen LogP contribution in [0, 0.1) is 5.92 Å². The number of benzene rings is 2. The highest BCUT2D eigenvalue weighted by Crippen LogP contribution is 2.34. The summed E-state index contributed by atoms with van der Waals surface area (Å²) in [4.78, 5) is 5.06. The summed E-state index contributed by atoms with van der Waals surface area (Å²) >= 11 is 19.0. The zero-order valence-corrected chi connectivity index (χ0v) is 20.8. The first-order chi connectivity index (χ1) is 15.4. The number of hydrogen-bond acceptors (Lipinski definition) is 4. The number of anilines is 2. The van der Waals surface area contributed by atoms with Gasteiger partial charge in [0.25, 0.3) is 0 Å². The average Bonchev–Trinajstić information content (AvgIpc) is 2.80. The number of rotatable bonds is 6. The van der Waals surface area contributed by atoms with E-state index >= 15 is 0 Å². The molecule has 0 spiro atoms. The number of piperazine rings is 1. The molecular formula is C25H32Cl3N3O. The zero-order chi connectivity index (χ0) is 22.7. The number of nitrogens with one attached hydrogen (secondary N) is 1. The second kappa shape index (κ2) is 10.8. The summed E-state index contributed by atoms with van der Waals surface area (Å²) in [6.45, 7) is 6.52. The summed E-state index contributed by atoms with van der Waals surface area (Å²) in [6, 6.07) is 12.4. The van der Waals surface area contributed by atoms with Crippen LogP contribution in [-0.2, 0) is 0 Å². The van der Waals surface area contributed by atoms with Crippen molar-refractivity contribution in [1.29, 1.82) is 0 Å². The number of aliphatic hydroxyl groups excluding tert-OH is 1. The molecule has 2 aromatic carbocycles. The molecular weight excluding hydrogens is 465 g/mol. The van der Waals surface area contributed by atoms with Crippen molar-refractivity contribution in [3.63, 3.8) is 0 Å². The van der Waals surface area contributed by atoms with Crippen LogP contribution >= 0.6 is 34.8 Å². The van der Waals surface area contributed by atoms with Crippen molar-refractivity contribution >= 4 is 46.2 Å². The molecule has 0 aromatic heterocycles.